The molecule has 0 amide bonds. The van der Waals surface area contributed by atoms with Crippen molar-refractivity contribution in [3.63, 3.8) is 0 Å². The van der Waals surface area contributed by atoms with Gasteiger partial charge in [0.1, 0.15) is 11.7 Å². The summed E-state index contributed by atoms with van der Waals surface area (Å²) < 4.78 is 13.0. The van der Waals surface area contributed by atoms with Gasteiger partial charge in [0.05, 0.1) is 0 Å². The van der Waals surface area contributed by atoms with Crippen LogP contribution in [-0.2, 0) is 6.54 Å². The van der Waals surface area contributed by atoms with E-state index in [2.05, 4.69) is 6.92 Å². The van der Waals surface area contributed by atoms with E-state index in [0.29, 0.717) is 5.84 Å². The second-order valence-electron chi connectivity index (χ2n) is 3.93. The summed E-state index contributed by atoms with van der Waals surface area (Å²) in [7, 11) is 0. The zero-order chi connectivity index (χ0) is 10.8. The third-order valence-electron chi connectivity index (χ3n) is 2.79. The number of fused-ring (bicyclic) bond motifs is 1. The predicted molar refractivity (Wildman–Crippen MR) is 58.5 cm³/mol. The number of nitrogens with zero attached hydrogens (tertiary/aromatic N) is 1. The molecule has 15 heavy (non-hydrogen) atoms. The van der Waals surface area contributed by atoms with Gasteiger partial charge in [-0.3, -0.25) is 5.41 Å². The quantitative estimate of drug-likeness (QED) is 0.808. The molecular formula is C12H15FN2. The second kappa shape index (κ2) is 4.01. The average molecular weight is 206 g/mol. The first-order valence-electron chi connectivity index (χ1n) is 5.34. The lowest BCUT2D eigenvalue weighted by atomic mass is 10.1. The Kier molecular flexibility index (Phi) is 2.71. The maximum atomic E-state index is 13.0. The topological polar surface area (TPSA) is 27.1 Å². The fraction of sp³-hybridized carbons (Fsp3) is 0.417. The Morgan fingerprint density at radius 1 is 1.47 bits per heavy atom. The van der Waals surface area contributed by atoms with Crippen molar-refractivity contribution in [3.05, 3.63) is 35.1 Å². The smallest absolute Gasteiger partial charge is 0.128 e. The minimum absolute atomic E-state index is 0.254. The van der Waals surface area contributed by atoms with Crippen LogP contribution in [0.15, 0.2) is 18.2 Å². The van der Waals surface area contributed by atoms with Crippen LogP contribution < -0.4 is 0 Å². The lowest BCUT2D eigenvalue weighted by Crippen LogP contribution is -2.24. The van der Waals surface area contributed by atoms with Crippen LogP contribution >= 0.6 is 0 Å². The third-order valence-corrected chi connectivity index (χ3v) is 2.79. The lowest BCUT2D eigenvalue weighted by Gasteiger charge is -2.16. The highest BCUT2D eigenvalue weighted by Gasteiger charge is 2.23. The number of halogens is 1. The maximum Gasteiger partial charge on any atom is 0.128 e. The van der Waals surface area contributed by atoms with Gasteiger partial charge in [-0.2, -0.15) is 0 Å². The molecular weight excluding hydrogens is 191 g/mol. The monoisotopic (exact) mass is 206 g/mol. The van der Waals surface area contributed by atoms with Crippen molar-refractivity contribution < 1.29 is 4.39 Å². The van der Waals surface area contributed by atoms with Crippen molar-refractivity contribution >= 4 is 5.84 Å². The van der Waals surface area contributed by atoms with Gasteiger partial charge in [0, 0.05) is 18.7 Å². The minimum atomic E-state index is -0.254. The van der Waals surface area contributed by atoms with Gasteiger partial charge in [-0.1, -0.05) is 19.4 Å². The molecule has 0 atom stereocenters. The van der Waals surface area contributed by atoms with E-state index < -0.39 is 0 Å². The van der Waals surface area contributed by atoms with E-state index in [1.165, 1.54) is 12.1 Å². The molecule has 1 N–H and O–H groups in total. The van der Waals surface area contributed by atoms with Crippen LogP contribution in [0.2, 0.25) is 0 Å². The molecule has 1 aromatic carbocycles. The largest absolute Gasteiger partial charge is 0.352 e. The molecule has 0 aliphatic carbocycles. The van der Waals surface area contributed by atoms with Gasteiger partial charge < -0.3 is 4.90 Å². The molecule has 0 fully saturated rings. The van der Waals surface area contributed by atoms with Crippen molar-refractivity contribution in [2.24, 2.45) is 0 Å². The van der Waals surface area contributed by atoms with Crippen LogP contribution in [0.3, 0.4) is 0 Å². The van der Waals surface area contributed by atoms with E-state index >= 15 is 0 Å². The van der Waals surface area contributed by atoms with Gasteiger partial charge in [0.15, 0.2) is 0 Å². The fourth-order valence-electron chi connectivity index (χ4n) is 1.90. The zero-order valence-electron chi connectivity index (χ0n) is 8.89. The number of unbranched alkanes of at least 4 members (excludes halogenated alkanes) is 1. The van der Waals surface area contributed by atoms with Crippen LogP contribution in [0.5, 0.6) is 0 Å². The summed E-state index contributed by atoms with van der Waals surface area (Å²) in [5, 5.41) is 7.92. The van der Waals surface area contributed by atoms with Gasteiger partial charge in [-0.05, 0) is 24.1 Å². The average Bonchev–Trinajstić information content (AvgIpc) is 2.53. The maximum absolute atomic E-state index is 13.0. The Morgan fingerprint density at radius 3 is 3.00 bits per heavy atom. The number of rotatable bonds is 3. The Bertz CT molecular complexity index is 387. The molecule has 0 spiro atoms. The van der Waals surface area contributed by atoms with Crippen molar-refractivity contribution in [2.45, 2.75) is 26.3 Å². The van der Waals surface area contributed by atoms with E-state index in [1.807, 2.05) is 4.90 Å². The minimum Gasteiger partial charge on any atom is -0.352 e. The van der Waals surface area contributed by atoms with Crippen LogP contribution in [0.4, 0.5) is 4.39 Å². The molecule has 3 heteroatoms. The number of nitrogens with one attached hydrogen (secondary N) is 1. The highest BCUT2D eigenvalue weighted by atomic mass is 19.1. The molecule has 0 unspecified atom stereocenters. The Labute approximate surface area is 89.2 Å². The molecule has 80 valence electrons. The fourth-order valence-corrected chi connectivity index (χ4v) is 1.90. The molecule has 1 aliphatic rings. The van der Waals surface area contributed by atoms with E-state index in [4.69, 9.17) is 5.41 Å². The number of hydrogen-bond acceptors (Lipinski definition) is 1. The summed E-state index contributed by atoms with van der Waals surface area (Å²) in [6.45, 7) is 3.78. The van der Waals surface area contributed by atoms with Crippen LogP contribution in [0.25, 0.3) is 0 Å². The predicted octanol–water partition coefficient (Wildman–Crippen LogP) is 2.77. The van der Waals surface area contributed by atoms with Crippen molar-refractivity contribution in [2.75, 3.05) is 6.54 Å². The summed E-state index contributed by atoms with van der Waals surface area (Å²) in [6.07, 6.45) is 2.20. The third kappa shape index (κ3) is 1.87. The molecule has 0 bridgehead atoms. The molecule has 1 aromatic rings. The standard InChI is InChI=1S/C12H15FN2/c1-2-3-6-15-8-9-4-5-10(13)7-11(9)12(15)14/h4-5,7,14H,2-3,6,8H2,1H3. The van der Waals surface area contributed by atoms with Gasteiger partial charge in [0.2, 0.25) is 0 Å². The van der Waals surface area contributed by atoms with Gasteiger partial charge in [0.25, 0.3) is 0 Å². The molecule has 0 saturated carbocycles. The summed E-state index contributed by atoms with van der Waals surface area (Å²) in [4.78, 5) is 2.01. The van der Waals surface area contributed by atoms with Gasteiger partial charge in [-0.15, -0.1) is 0 Å². The first-order chi connectivity index (χ1) is 7.22. The number of amidine groups is 1. The van der Waals surface area contributed by atoms with Crippen molar-refractivity contribution in [1.29, 1.82) is 5.41 Å². The first-order valence-corrected chi connectivity index (χ1v) is 5.34. The summed E-state index contributed by atoms with van der Waals surface area (Å²) in [5.74, 6) is 0.216. The van der Waals surface area contributed by atoms with Crippen LogP contribution in [0.1, 0.15) is 30.9 Å². The molecule has 0 saturated heterocycles. The van der Waals surface area contributed by atoms with Crippen LogP contribution in [-0.4, -0.2) is 17.3 Å². The molecule has 2 rings (SSSR count). The Morgan fingerprint density at radius 2 is 2.27 bits per heavy atom. The summed E-state index contributed by atoms with van der Waals surface area (Å²) in [6, 6.07) is 4.71. The summed E-state index contributed by atoms with van der Waals surface area (Å²) in [5.41, 5.74) is 1.82. The Hall–Kier alpha value is -1.38. The van der Waals surface area contributed by atoms with Crippen LogP contribution in [0, 0.1) is 11.2 Å². The molecule has 1 aliphatic heterocycles. The van der Waals surface area contributed by atoms with E-state index in [-0.39, 0.29) is 5.82 Å². The van der Waals surface area contributed by atoms with E-state index in [0.717, 1.165) is 37.1 Å². The summed E-state index contributed by atoms with van der Waals surface area (Å²) >= 11 is 0. The van der Waals surface area contributed by atoms with E-state index in [9.17, 15) is 4.39 Å². The van der Waals surface area contributed by atoms with E-state index in [1.54, 1.807) is 6.07 Å². The molecule has 1 heterocycles. The SMILES string of the molecule is CCCCN1Cc2ccc(F)cc2C1=N. The lowest BCUT2D eigenvalue weighted by molar-refractivity contribution is 0.416. The molecule has 0 radical (unpaired) electrons. The molecule has 0 aromatic heterocycles. The normalized spacial score (nSPS) is 14.5. The highest BCUT2D eigenvalue weighted by Crippen LogP contribution is 2.23. The number of hydrogen-bond donors (Lipinski definition) is 1. The zero-order valence-corrected chi connectivity index (χ0v) is 8.89. The highest BCUT2D eigenvalue weighted by molar-refractivity contribution is 6.00. The van der Waals surface area contributed by atoms with Gasteiger partial charge in [-0.25, -0.2) is 4.39 Å². The second-order valence-corrected chi connectivity index (χ2v) is 3.93. The van der Waals surface area contributed by atoms with Crippen molar-refractivity contribution in [3.8, 4) is 0 Å². The Balaban J connectivity index is 2.18. The van der Waals surface area contributed by atoms with Crippen molar-refractivity contribution in [1.82, 2.24) is 4.90 Å². The first kappa shape index (κ1) is 10.1. The molecule has 2 nitrogen and oxygen atoms in total. The number of benzene rings is 1. The van der Waals surface area contributed by atoms with Gasteiger partial charge >= 0.3 is 0 Å².